The van der Waals surface area contributed by atoms with Crippen molar-refractivity contribution in [2.75, 3.05) is 13.1 Å². The van der Waals surface area contributed by atoms with E-state index in [-0.39, 0.29) is 11.2 Å². The number of hydrogen-bond acceptors (Lipinski definition) is 1. The van der Waals surface area contributed by atoms with Crippen LogP contribution in [-0.4, -0.2) is 13.1 Å². The summed E-state index contributed by atoms with van der Waals surface area (Å²) in [6.07, 6.45) is 3.57. The van der Waals surface area contributed by atoms with Crippen LogP contribution in [0.25, 0.3) is 0 Å². The van der Waals surface area contributed by atoms with Crippen LogP contribution in [0.3, 0.4) is 0 Å². The molecule has 0 aliphatic heterocycles. The zero-order valence-electron chi connectivity index (χ0n) is 13.3. The van der Waals surface area contributed by atoms with Gasteiger partial charge in [0.25, 0.3) is 0 Å². The van der Waals surface area contributed by atoms with Gasteiger partial charge < -0.3 is 5.32 Å². The van der Waals surface area contributed by atoms with E-state index < -0.39 is 0 Å². The number of benzene rings is 1. The molecule has 0 spiro atoms. The Bertz CT molecular complexity index is 424. The van der Waals surface area contributed by atoms with Crippen molar-refractivity contribution in [3.63, 3.8) is 0 Å². The third-order valence-electron chi connectivity index (χ3n) is 4.85. The lowest BCUT2D eigenvalue weighted by atomic mass is 9.52. The first kappa shape index (κ1) is 15.5. The van der Waals surface area contributed by atoms with Gasteiger partial charge in [0.1, 0.15) is 5.82 Å². The fourth-order valence-electron chi connectivity index (χ4n) is 3.29. The molecule has 0 aromatic heterocycles. The van der Waals surface area contributed by atoms with Crippen molar-refractivity contribution in [1.82, 2.24) is 5.32 Å². The van der Waals surface area contributed by atoms with Gasteiger partial charge in [-0.25, -0.2) is 4.39 Å². The van der Waals surface area contributed by atoms with E-state index in [1.54, 1.807) is 12.1 Å². The summed E-state index contributed by atoms with van der Waals surface area (Å²) in [5, 5.41) is 3.57. The molecule has 0 unspecified atom stereocenters. The Balaban J connectivity index is 2.12. The molecule has 0 heterocycles. The highest BCUT2D eigenvalue weighted by molar-refractivity contribution is 5.30. The highest BCUT2D eigenvalue weighted by atomic mass is 19.1. The van der Waals surface area contributed by atoms with Crippen molar-refractivity contribution < 1.29 is 4.39 Å². The van der Waals surface area contributed by atoms with E-state index >= 15 is 0 Å². The van der Waals surface area contributed by atoms with Gasteiger partial charge in [-0.3, -0.25) is 0 Å². The number of hydrogen-bond donors (Lipinski definition) is 1. The molecule has 0 saturated heterocycles. The van der Waals surface area contributed by atoms with Crippen LogP contribution < -0.4 is 5.32 Å². The van der Waals surface area contributed by atoms with Crippen LogP contribution in [0.4, 0.5) is 4.39 Å². The molecule has 1 aliphatic rings. The topological polar surface area (TPSA) is 12.0 Å². The van der Waals surface area contributed by atoms with Gasteiger partial charge in [-0.05, 0) is 54.8 Å². The number of nitrogens with one attached hydrogen (secondary N) is 1. The normalized spacial score (nSPS) is 26.4. The molecule has 1 fully saturated rings. The molecule has 1 N–H and O–H groups in total. The molecule has 0 bridgehead atoms. The van der Waals surface area contributed by atoms with Crippen LogP contribution >= 0.6 is 0 Å². The van der Waals surface area contributed by atoms with Crippen molar-refractivity contribution in [3.05, 3.63) is 35.6 Å². The summed E-state index contributed by atoms with van der Waals surface area (Å²) in [5.74, 6) is 0.619. The van der Waals surface area contributed by atoms with Crippen molar-refractivity contribution in [1.29, 1.82) is 0 Å². The van der Waals surface area contributed by atoms with Gasteiger partial charge in [-0.1, -0.05) is 39.8 Å². The van der Waals surface area contributed by atoms with Crippen LogP contribution in [0, 0.1) is 17.2 Å². The maximum Gasteiger partial charge on any atom is 0.123 e. The molecule has 0 radical (unpaired) electrons. The summed E-state index contributed by atoms with van der Waals surface area (Å²) in [4.78, 5) is 0. The summed E-state index contributed by atoms with van der Waals surface area (Å²) in [6, 6.07) is 7.15. The summed E-state index contributed by atoms with van der Waals surface area (Å²) >= 11 is 0. The second kappa shape index (κ2) is 5.85. The fraction of sp³-hybridized carbons (Fsp3) is 0.667. The monoisotopic (exact) mass is 277 g/mol. The average molecular weight is 277 g/mol. The summed E-state index contributed by atoms with van der Waals surface area (Å²) in [7, 11) is 0. The van der Waals surface area contributed by atoms with Gasteiger partial charge in [0.15, 0.2) is 0 Å². The van der Waals surface area contributed by atoms with Gasteiger partial charge in [-0.2, -0.15) is 0 Å². The molecular weight excluding hydrogens is 249 g/mol. The first-order chi connectivity index (χ1) is 9.37. The van der Waals surface area contributed by atoms with E-state index in [1.165, 1.54) is 18.4 Å². The van der Waals surface area contributed by atoms with Crippen LogP contribution in [-0.2, 0) is 5.41 Å². The first-order valence-corrected chi connectivity index (χ1v) is 7.84. The Morgan fingerprint density at radius 3 is 2.30 bits per heavy atom. The predicted molar refractivity (Wildman–Crippen MR) is 83.4 cm³/mol. The minimum Gasteiger partial charge on any atom is -0.316 e. The summed E-state index contributed by atoms with van der Waals surface area (Å²) < 4.78 is 13.2. The zero-order valence-corrected chi connectivity index (χ0v) is 13.3. The van der Waals surface area contributed by atoms with E-state index in [9.17, 15) is 4.39 Å². The molecular formula is C18H28FN. The molecule has 0 atom stereocenters. The van der Waals surface area contributed by atoms with Gasteiger partial charge in [0.2, 0.25) is 0 Å². The molecule has 0 amide bonds. The standard InChI is InChI=1S/C18H28FN/c1-5-10-20-13-18(11-15(12-18)17(2,3)4)14-6-8-16(19)9-7-14/h6-9,15,20H,5,10-13H2,1-4H3. The summed E-state index contributed by atoms with van der Waals surface area (Å²) in [6.45, 7) is 11.2. The van der Waals surface area contributed by atoms with E-state index in [0.29, 0.717) is 5.41 Å². The molecule has 1 aromatic rings. The lowest BCUT2D eigenvalue weighted by molar-refractivity contribution is 0.0449. The first-order valence-electron chi connectivity index (χ1n) is 7.84. The van der Waals surface area contributed by atoms with Crippen LogP contribution in [0.1, 0.15) is 52.5 Å². The Hall–Kier alpha value is -0.890. The largest absolute Gasteiger partial charge is 0.316 e. The highest BCUT2D eigenvalue weighted by Gasteiger charge is 2.48. The van der Waals surface area contributed by atoms with Crippen LogP contribution in [0.5, 0.6) is 0 Å². The van der Waals surface area contributed by atoms with E-state index in [2.05, 4.69) is 33.0 Å². The van der Waals surface area contributed by atoms with E-state index in [4.69, 9.17) is 0 Å². The maximum absolute atomic E-state index is 13.2. The molecule has 1 saturated carbocycles. The Morgan fingerprint density at radius 1 is 1.20 bits per heavy atom. The van der Waals surface area contributed by atoms with E-state index in [0.717, 1.165) is 25.4 Å². The van der Waals surface area contributed by atoms with Crippen molar-refractivity contribution in [3.8, 4) is 0 Å². The third kappa shape index (κ3) is 3.22. The quantitative estimate of drug-likeness (QED) is 0.780. The minimum atomic E-state index is -0.142. The fourth-order valence-corrected chi connectivity index (χ4v) is 3.29. The summed E-state index contributed by atoms with van der Waals surface area (Å²) in [5.41, 5.74) is 1.87. The SMILES string of the molecule is CCCNCC1(c2ccc(F)cc2)CC(C(C)(C)C)C1. The highest BCUT2D eigenvalue weighted by Crippen LogP contribution is 2.54. The van der Waals surface area contributed by atoms with Crippen molar-refractivity contribution in [2.24, 2.45) is 11.3 Å². The van der Waals surface area contributed by atoms with Crippen molar-refractivity contribution in [2.45, 2.75) is 52.4 Å². The van der Waals surface area contributed by atoms with Gasteiger partial charge >= 0.3 is 0 Å². The van der Waals surface area contributed by atoms with E-state index in [1.807, 2.05) is 12.1 Å². The van der Waals surface area contributed by atoms with Gasteiger partial charge in [-0.15, -0.1) is 0 Å². The predicted octanol–water partition coefficient (Wildman–Crippen LogP) is 4.52. The molecule has 2 rings (SSSR count). The molecule has 112 valence electrons. The third-order valence-corrected chi connectivity index (χ3v) is 4.85. The number of halogens is 1. The molecule has 20 heavy (non-hydrogen) atoms. The molecule has 1 aromatic carbocycles. The molecule has 2 heteroatoms. The molecule has 1 aliphatic carbocycles. The van der Waals surface area contributed by atoms with Gasteiger partial charge in [0, 0.05) is 12.0 Å². The smallest absolute Gasteiger partial charge is 0.123 e. The maximum atomic E-state index is 13.2. The molecule has 1 nitrogen and oxygen atoms in total. The number of rotatable bonds is 5. The van der Waals surface area contributed by atoms with Crippen LogP contribution in [0.15, 0.2) is 24.3 Å². The van der Waals surface area contributed by atoms with Crippen molar-refractivity contribution >= 4 is 0 Å². The Labute approximate surface area is 123 Å². The van der Waals surface area contributed by atoms with Gasteiger partial charge in [0.05, 0.1) is 0 Å². The zero-order chi connectivity index (χ0) is 14.8. The Morgan fingerprint density at radius 2 is 1.80 bits per heavy atom. The lowest BCUT2D eigenvalue weighted by Gasteiger charge is -2.53. The van der Waals surface area contributed by atoms with Crippen LogP contribution in [0.2, 0.25) is 0 Å². The lowest BCUT2D eigenvalue weighted by Crippen LogP contribution is -2.52. The second-order valence-electron chi connectivity index (χ2n) is 7.44. The average Bonchev–Trinajstić information content (AvgIpc) is 2.32. The minimum absolute atomic E-state index is 0.142. The Kier molecular flexibility index (Phi) is 4.53. The second-order valence-corrected chi connectivity index (χ2v) is 7.44.